The van der Waals surface area contributed by atoms with E-state index in [1.165, 1.54) is 0 Å². The summed E-state index contributed by atoms with van der Waals surface area (Å²) in [6, 6.07) is 8.04. The molecule has 1 aliphatic rings. The van der Waals surface area contributed by atoms with Gasteiger partial charge in [0.1, 0.15) is 6.10 Å². The number of benzene rings is 1. The molecular weight excluding hydrogens is 260 g/mol. The molecule has 1 amide bonds. The molecular formula is C14H16N2O2S. The van der Waals surface area contributed by atoms with Gasteiger partial charge in [-0.1, -0.05) is 23.5 Å². The lowest BCUT2D eigenvalue weighted by molar-refractivity contribution is -0.130. The number of piperidine rings is 1. The molecule has 0 unspecified atom stereocenters. The van der Waals surface area contributed by atoms with Crippen molar-refractivity contribution in [3.63, 3.8) is 0 Å². The molecule has 2 heterocycles. The number of rotatable bonds is 2. The van der Waals surface area contributed by atoms with E-state index in [-0.39, 0.29) is 12.0 Å². The fourth-order valence-corrected chi connectivity index (χ4v) is 3.21. The second-order valence-corrected chi connectivity index (χ2v) is 5.76. The maximum Gasteiger partial charge on any atom is 0.274 e. The molecule has 1 aromatic carbocycles. The SMILES string of the molecule is CC(=O)N1CCC(Oc2nc3ccccc3s2)CC1. The summed E-state index contributed by atoms with van der Waals surface area (Å²) in [5, 5.41) is 0.738. The second-order valence-electron chi connectivity index (χ2n) is 4.77. The maximum absolute atomic E-state index is 11.3. The summed E-state index contributed by atoms with van der Waals surface area (Å²) in [6.45, 7) is 3.19. The van der Waals surface area contributed by atoms with Gasteiger partial charge in [0.15, 0.2) is 0 Å². The van der Waals surface area contributed by atoms with Crippen LogP contribution in [0.25, 0.3) is 10.2 Å². The summed E-state index contributed by atoms with van der Waals surface area (Å²) in [4.78, 5) is 17.6. The van der Waals surface area contributed by atoms with Crippen LogP contribution < -0.4 is 4.74 Å². The third kappa shape index (κ3) is 2.71. The molecule has 0 radical (unpaired) electrons. The van der Waals surface area contributed by atoms with Gasteiger partial charge < -0.3 is 9.64 Å². The highest BCUT2D eigenvalue weighted by Gasteiger charge is 2.22. The molecule has 0 bridgehead atoms. The number of para-hydroxylation sites is 1. The van der Waals surface area contributed by atoms with Crippen LogP contribution in [0.1, 0.15) is 19.8 Å². The topological polar surface area (TPSA) is 42.4 Å². The molecule has 1 saturated heterocycles. The van der Waals surface area contributed by atoms with Crippen molar-refractivity contribution in [2.45, 2.75) is 25.9 Å². The zero-order valence-corrected chi connectivity index (χ0v) is 11.7. The number of carbonyl (C=O) groups excluding carboxylic acids is 1. The first kappa shape index (κ1) is 12.4. The average molecular weight is 276 g/mol. The van der Waals surface area contributed by atoms with E-state index in [4.69, 9.17) is 4.74 Å². The molecule has 3 rings (SSSR count). The van der Waals surface area contributed by atoms with Gasteiger partial charge in [-0.05, 0) is 12.1 Å². The Morgan fingerprint density at radius 1 is 1.37 bits per heavy atom. The van der Waals surface area contributed by atoms with E-state index in [1.807, 2.05) is 23.1 Å². The smallest absolute Gasteiger partial charge is 0.274 e. The van der Waals surface area contributed by atoms with Crippen molar-refractivity contribution in [2.24, 2.45) is 0 Å². The number of likely N-dealkylation sites (tertiary alicyclic amines) is 1. The minimum Gasteiger partial charge on any atom is -0.467 e. The van der Waals surface area contributed by atoms with E-state index < -0.39 is 0 Å². The van der Waals surface area contributed by atoms with Gasteiger partial charge in [-0.2, -0.15) is 0 Å². The van der Waals surface area contributed by atoms with Gasteiger partial charge in [0, 0.05) is 32.9 Å². The second kappa shape index (κ2) is 5.17. The van der Waals surface area contributed by atoms with E-state index in [1.54, 1.807) is 18.3 Å². The Bertz CT molecular complexity index is 555. The van der Waals surface area contributed by atoms with Gasteiger partial charge >= 0.3 is 0 Å². The largest absolute Gasteiger partial charge is 0.467 e. The van der Waals surface area contributed by atoms with Gasteiger partial charge in [-0.15, -0.1) is 0 Å². The van der Waals surface area contributed by atoms with Crippen molar-refractivity contribution in [1.82, 2.24) is 9.88 Å². The lowest BCUT2D eigenvalue weighted by Crippen LogP contribution is -2.40. The highest BCUT2D eigenvalue weighted by molar-refractivity contribution is 7.20. The van der Waals surface area contributed by atoms with Crippen LogP contribution in [-0.2, 0) is 4.79 Å². The van der Waals surface area contributed by atoms with Crippen molar-refractivity contribution in [3.8, 4) is 5.19 Å². The number of amides is 1. The Balaban J connectivity index is 1.64. The highest BCUT2D eigenvalue weighted by atomic mass is 32.1. The Kier molecular flexibility index (Phi) is 3.38. The summed E-state index contributed by atoms with van der Waals surface area (Å²) in [5.74, 6) is 0.151. The molecule has 5 heteroatoms. The van der Waals surface area contributed by atoms with Crippen LogP contribution in [0.5, 0.6) is 5.19 Å². The van der Waals surface area contributed by atoms with Gasteiger partial charge in [0.25, 0.3) is 5.19 Å². The zero-order chi connectivity index (χ0) is 13.2. The van der Waals surface area contributed by atoms with E-state index >= 15 is 0 Å². The van der Waals surface area contributed by atoms with Crippen LogP contribution in [0.4, 0.5) is 0 Å². The maximum atomic E-state index is 11.3. The third-order valence-electron chi connectivity index (χ3n) is 3.43. The number of carbonyl (C=O) groups is 1. The number of hydrogen-bond acceptors (Lipinski definition) is 4. The van der Waals surface area contributed by atoms with Crippen molar-refractivity contribution in [2.75, 3.05) is 13.1 Å². The Hall–Kier alpha value is -1.62. The normalized spacial score (nSPS) is 16.8. The summed E-state index contributed by atoms with van der Waals surface area (Å²) >= 11 is 1.58. The molecule has 0 spiro atoms. The fraction of sp³-hybridized carbons (Fsp3) is 0.429. The molecule has 4 nitrogen and oxygen atoms in total. The molecule has 1 aliphatic heterocycles. The van der Waals surface area contributed by atoms with Crippen LogP contribution in [0, 0.1) is 0 Å². The number of fused-ring (bicyclic) bond motifs is 1. The number of nitrogens with zero attached hydrogens (tertiary/aromatic N) is 2. The van der Waals surface area contributed by atoms with Gasteiger partial charge in [-0.3, -0.25) is 4.79 Å². The minimum absolute atomic E-state index is 0.151. The van der Waals surface area contributed by atoms with Crippen molar-refractivity contribution in [1.29, 1.82) is 0 Å². The van der Waals surface area contributed by atoms with Gasteiger partial charge in [-0.25, -0.2) is 4.98 Å². The van der Waals surface area contributed by atoms with Gasteiger partial charge in [0.2, 0.25) is 5.91 Å². The molecule has 0 atom stereocenters. The molecule has 0 aliphatic carbocycles. The number of thiazole rings is 1. The first-order chi connectivity index (χ1) is 9.22. The quantitative estimate of drug-likeness (QED) is 0.847. The predicted molar refractivity (Wildman–Crippen MR) is 75.5 cm³/mol. The third-order valence-corrected chi connectivity index (χ3v) is 4.36. The molecule has 100 valence electrons. The van der Waals surface area contributed by atoms with Gasteiger partial charge in [0.05, 0.1) is 10.2 Å². The van der Waals surface area contributed by atoms with Crippen LogP contribution in [0.15, 0.2) is 24.3 Å². The van der Waals surface area contributed by atoms with Crippen LogP contribution in [0.3, 0.4) is 0 Å². The number of ether oxygens (including phenoxy) is 1. The summed E-state index contributed by atoms with van der Waals surface area (Å²) in [5.41, 5.74) is 0.990. The summed E-state index contributed by atoms with van der Waals surface area (Å²) < 4.78 is 7.09. The lowest BCUT2D eigenvalue weighted by atomic mass is 10.1. The molecule has 1 aromatic heterocycles. The zero-order valence-electron chi connectivity index (χ0n) is 10.8. The highest BCUT2D eigenvalue weighted by Crippen LogP contribution is 2.29. The lowest BCUT2D eigenvalue weighted by Gasteiger charge is -2.30. The standard InChI is InChI=1S/C14H16N2O2S/c1-10(17)16-8-6-11(7-9-16)18-14-15-12-4-2-3-5-13(12)19-14/h2-5,11H,6-9H2,1H3. The van der Waals surface area contributed by atoms with E-state index in [9.17, 15) is 4.79 Å². The number of hydrogen-bond donors (Lipinski definition) is 0. The summed E-state index contributed by atoms with van der Waals surface area (Å²) in [7, 11) is 0. The van der Waals surface area contributed by atoms with E-state index in [0.29, 0.717) is 0 Å². The molecule has 1 fully saturated rings. The van der Waals surface area contributed by atoms with E-state index in [0.717, 1.165) is 41.3 Å². The van der Waals surface area contributed by atoms with Crippen LogP contribution in [0.2, 0.25) is 0 Å². The Morgan fingerprint density at radius 2 is 2.11 bits per heavy atom. The molecule has 19 heavy (non-hydrogen) atoms. The van der Waals surface area contributed by atoms with E-state index in [2.05, 4.69) is 11.1 Å². The molecule has 0 N–H and O–H groups in total. The summed E-state index contributed by atoms with van der Waals surface area (Å²) in [6.07, 6.45) is 1.95. The predicted octanol–water partition coefficient (Wildman–Crippen LogP) is 2.69. The van der Waals surface area contributed by atoms with Crippen molar-refractivity contribution >= 4 is 27.5 Å². The fourth-order valence-electron chi connectivity index (χ4n) is 2.33. The Morgan fingerprint density at radius 3 is 2.79 bits per heavy atom. The van der Waals surface area contributed by atoms with Crippen molar-refractivity contribution in [3.05, 3.63) is 24.3 Å². The monoisotopic (exact) mass is 276 g/mol. The molecule has 2 aromatic rings. The minimum atomic E-state index is 0.151. The molecule has 0 saturated carbocycles. The van der Waals surface area contributed by atoms with Crippen LogP contribution in [-0.4, -0.2) is 35.0 Å². The Labute approximate surface area is 116 Å². The first-order valence-electron chi connectivity index (χ1n) is 6.50. The number of aromatic nitrogens is 1. The average Bonchev–Trinajstić information content (AvgIpc) is 2.81. The van der Waals surface area contributed by atoms with Crippen molar-refractivity contribution < 1.29 is 9.53 Å². The van der Waals surface area contributed by atoms with Crippen LogP contribution >= 0.6 is 11.3 Å². The first-order valence-corrected chi connectivity index (χ1v) is 7.32.